The van der Waals surface area contributed by atoms with E-state index in [1.54, 1.807) is 4.90 Å². The van der Waals surface area contributed by atoms with E-state index >= 15 is 0 Å². The van der Waals surface area contributed by atoms with Gasteiger partial charge in [0.1, 0.15) is 5.69 Å². The molecule has 4 nitrogen and oxygen atoms in total. The van der Waals surface area contributed by atoms with Gasteiger partial charge in [-0.2, -0.15) is 0 Å². The Balaban J connectivity index is 1.97. The van der Waals surface area contributed by atoms with Crippen molar-refractivity contribution < 1.29 is 13.6 Å². The number of nitrogens with two attached hydrogens (primary N) is 1. The first kappa shape index (κ1) is 14.3. The lowest BCUT2D eigenvalue weighted by Gasteiger charge is -2.30. The summed E-state index contributed by atoms with van der Waals surface area (Å²) in [5, 5.41) is 0.0570. The van der Waals surface area contributed by atoms with E-state index in [2.05, 4.69) is 4.98 Å². The molecule has 0 radical (unpaired) electrons. The average Bonchev–Trinajstić information content (AvgIpc) is 2.88. The van der Waals surface area contributed by atoms with Crippen LogP contribution in [0.2, 0.25) is 5.02 Å². The van der Waals surface area contributed by atoms with Crippen molar-refractivity contribution in [1.29, 1.82) is 0 Å². The second-order valence-electron chi connectivity index (χ2n) is 5.29. The van der Waals surface area contributed by atoms with Gasteiger partial charge in [-0.1, -0.05) is 11.6 Å². The summed E-state index contributed by atoms with van der Waals surface area (Å²) in [6.45, 7) is 1.07. The molecule has 0 bridgehead atoms. The number of carbonyl (C=O) groups excluding carboxylic acids is 1. The number of piperidine rings is 1. The highest BCUT2D eigenvalue weighted by atomic mass is 35.5. The fourth-order valence-corrected chi connectivity index (χ4v) is 2.86. The molecule has 0 unspecified atom stereocenters. The highest BCUT2D eigenvalue weighted by Crippen LogP contribution is 2.27. The Hall–Kier alpha value is -1.66. The molecule has 1 aromatic carbocycles. The minimum Gasteiger partial charge on any atom is -0.348 e. The van der Waals surface area contributed by atoms with Gasteiger partial charge >= 0.3 is 0 Å². The van der Waals surface area contributed by atoms with Crippen LogP contribution in [0.4, 0.5) is 8.78 Å². The standard InChI is InChI=1S/C14H14ClF2N3O/c15-9-4-7-5-10(19-13(7)12(17)11(9)16)14(21)20-3-1-2-8(18)6-20/h4-5,8,19H,1-3,6,18H2/t8-/m1/s1. The number of aromatic nitrogens is 1. The largest absolute Gasteiger partial charge is 0.348 e. The minimum absolute atomic E-state index is 0.0456. The van der Waals surface area contributed by atoms with Crippen LogP contribution in [-0.2, 0) is 0 Å². The number of nitrogens with zero attached hydrogens (tertiary/aromatic N) is 1. The van der Waals surface area contributed by atoms with E-state index in [0.717, 1.165) is 12.8 Å². The molecule has 112 valence electrons. The van der Waals surface area contributed by atoms with E-state index in [-0.39, 0.29) is 28.2 Å². The number of H-pyrrole nitrogens is 1. The smallest absolute Gasteiger partial charge is 0.270 e. The minimum atomic E-state index is -1.12. The van der Waals surface area contributed by atoms with Crippen molar-refractivity contribution in [2.24, 2.45) is 5.73 Å². The molecule has 1 fully saturated rings. The summed E-state index contributed by atoms with van der Waals surface area (Å²) in [6, 6.07) is 2.73. The van der Waals surface area contributed by atoms with Gasteiger partial charge < -0.3 is 15.6 Å². The summed E-state index contributed by atoms with van der Waals surface area (Å²) in [4.78, 5) is 16.6. The summed E-state index contributed by atoms with van der Waals surface area (Å²) in [7, 11) is 0. The Morgan fingerprint density at radius 2 is 2.14 bits per heavy atom. The predicted octanol–water partition coefficient (Wildman–Crippen LogP) is 2.66. The Labute approximate surface area is 124 Å². The second kappa shape index (κ2) is 5.27. The number of benzene rings is 1. The molecule has 3 rings (SSSR count). The first-order valence-electron chi connectivity index (χ1n) is 6.68. The Bertz CT molecular complexity index is 716. The summed E-state index contributed by atoms with van der Waals surface area (Å²) >= 11 is 5.61. The van der Waals surface area contributed by atoms with Crippen molar-refractivity contribution >= 4 is 28.4 Å². The monoisotopic (exact) mass is 313 g/mol. The molecule has 1 atom stereocenters. The third kappa shape index (κ3) is 2.49. The van der Waals surface area contributed by atoms with Crippen LogP contribution in [0.1, 0.15) is 23.3 Å². The zero-order chi connectivity index (χ0) is 15.1. The van der Waals surface area contributed by atoms with Gasteiger partial charge in [0.05, 0.1) is 10.5 Å². The van der Waals surface area contributed by atoms with Crippen molar-refractivity contribution in [3.8, 4) is 0 Å². The zero-order valence-electron chi connectivity index (χ0n) is 11.1. The second-order valence-corrected chi connectivity index (χ2v) is 5.69. The van der Waals surface area contributed by atoms with Crippen LogP contribution in [0.3, 0.4) is 0 Å². The number of likely N-dealkylation sites (tertiary alicyclic amines) is 1. The number of carbonyl (C=O) groups is 1. The molecular formula is C14H14ClF2N3O. The normalized spacial score (nSPS) is 19.2. The molecule has 0 spiro atoms. The molecule has 0 aliphatic carbocycles. The molecule has 1 amide bonds. The number of aromatic amines is 1. The summed E-state index contributed by atoms with van der Waals surface area (Å²) in [5.41, 5.74) is 6.00. The van der Waals surface area contributed by atoms with E-state index in [1.807, 2.05) is 0 Å². The molecule has 21 heavy (non-hydrogen) atoms. The predicted molar refractivity (Wildman–Crippen MR) is 76.3 cm³/mol. The van der Waals surface area contributed by atoms with Crippen LogP contribution in [0, 0.1) is 11.6 Å². The van der Waals surface area contributed by atoms with Gasteiger partial charge in [-0.15, -0.1) is 0 Å². The number of fused-ring (bicyclic) bond motifs is 1. The lowest BCUT2D eigenvalue weighted by Crippen LogP contribution is -2.45. The maximum absolute atomic E-state index is 13.8. The van der Waals surface area contributed by atoms with Gasteiger partial charge in [0.2, 0.25) is 0 Å². The van der Waals surface area contributed by atoms with E-state index in [4.69, 9.17) is 17.3 Å². The molecule has 7 heteroatoms. The molecule has 1 aromatic heterocycles. The number of hydrogen-bond acceptors (Lipinski definition) is 2. The van der Waals surface area contributed by atoms with Crippen LogP contribution >= 0.6 is 11.6 Å². The number of nitrogens with one attached hydrogen (secondary N) is 1. The van der Waals surface area contributed by atoms with Crippen molar-refractivity contribution in [2.75, 3.05) is 13.1 Å². The van der Waals surface area contributed by atoms with Crippen LogP contribution < -0.4 is 5.73 Å². The van der Waals surface area contributed by atoms with Crippen LogP contribution in [-0.4, -0.2) is 34.9 Å². The quantitative estimate of drug-likeness (QED) is 0.795. The van der Waals surface area contributed by atoms with Crippen LogP contribution in [0.25, 0.3) is 10.9 Å². The SMILES string of the molecule is N[C@@H]1CCCN(C(=O)c2cc3cc(Cl)c(F)c(F)c3[nH]2)C1. The molecule has 1 saturated heterocycles. The summed E-state index contributed by atoms with van der Waals surface area (Å²) in [5.74, 6) is -2.46. The van der Waals surface area contributed by atoms with Gasteiger partial charge in [-0.3, -0.25) is 4.79 Å². The van der Waals surface area contributed by atoms with E-state index in [1.165, 1.54) is 12.1 Å². The molecule has 1 aliphatic heterocycles. The third-order valence-electron chi connectivity index (χ3n) is 3.73. The van der Waals surface area contributed by atoms with Gasteiger partial charge in [-0.25, -0.2) is 8.78 Å². The van der Waals surface area contributed by atoms with Gasteiger partial charge in [-0.05, 0) is 25.0 Å². The maximum atomic E-state index is 13.8. The Morgan fingerprint density at radius 1 is 1.38 bits per heavy atom. The van der Waals surface area contributed by atoms with E-state index in [9.17, 15) is 13.6 Å². The number of rotatable bonds is 1. The first-order valence-corrected chi connectivity index (χ1v) is 7.06. The molecule has 1 aliphatic rings. The van der Waals surface area contributed by atoms with Gasteiger partial charge in [0.25, 0.3) is 5.91 Å². The van der Waals surface area contributed by atoms with Gasteiger partial charge in [0, 0.05) is 24.5 Å². The van der Waals surface area contributed by atoms with Crippen LogP contribution in [0.15, 0.2) is 12.1 Å². The fourth-order valence-electron chi connectivity index (χ4n) is 2.66. The number of hydrogen-bond donors (Lipinski definition) is 2. The van der Waals surface area contributed by atoms with Crippen molar-refractivity contribution in [2.45, 2.75) is 18.9 Å². The molecule has 3 N–H and O–H groups in total. The maximum Gasteiger partial charge on any atom is 0.270 e. The van der Waals surface area contributed by atoms with E-state index in [0.29, 0.717) is 18.5 Å². The summed E-state index contributed by atoms with van der Waals surface area (Å²) in [6.07, 6.45) is 1.72. The van der Waals surface area contributed by atoms with Gasteiger partial charge in [0.15, 0.2) is 11.6 Å². The molecular weight excluding hydrogens is 300 g/mol. The summed E-state index contributed by atoms with van der Waals surface area (Å²) < 4.78 is 27.2. The molecule has 2 aromatic rings. The van der Waals surface area contributed by atoms with Crippen molar-refractivity contribution in [3.63, 3.8) is 0 Å². The molecule has 0 saturated carbocycles. The average molecular weight is 314 g/mol. The topological polar surface area (TPSA) is 62.1 Å². The van der Waals surface area contributed by atoms with E-state index < -0.39 is 11.6 Å². The van der Waals surface area contributed by atoms with Crippen molar-refractivity contribution in [1.82, 2.24) is 9.88 Å². The zero-order valence-corrected chi connectivity index (χ0v) is 11.9. The third-order valence-corrected chi connectivity index (χ3v) is 4.00. The Kier molecular flexibility index (Phi) is 3.59. The lowest BCUT2D eigenvalue weighted by molar-refractivity contribution is 0.0704. The number of halogens is 3. The number of amides is 1. The highest BCUT2D eigenvalue weighted by Gasteiger charge is 2.24. The fraction of sp³-hybridized carbons (Fsp3) is 0.357. The van der Waals surface area contributed by atoms with Crippen molar-refractivity contribution in [3.05, 3.63) is 34.5 Å². The van der Waals surface area contributed by atoms with Crippen LogP contribution in [0.5, 0.6) is 0 Å². The lowest BCUT2D eigenvalue weighted by atomic mass is 10.1. The molecule has 2 heterocycles. The first-order chi connectivity index (χ1) is 9.97. The highest BCUT2D eigenvalue weighted by molar-refractivity contribution is 6.31. The Morgan fingerprint density at radius 3 is 2.86 bits per heavy atom.